The average Bonchev–Trinajstić information content (AvgIpc) is 2.47. The van der Waals surface area contributed by atoms with E-state index in [2.05, 4.69) is 20.8 Å². The maximum Gasteiger partial charge on any atom is 0.277 e. The van der Waals surface area contributed by atoms with Crippen LogP contribution in [0.1, 0.15) is 48.3 Å². The predicted octanol–water partition coefficient (Wildman–Crippen LogP) is 0.798. The number of amides is 1. The fourth-order valence-electron chi connectivity index (χ4n) is 2.67. The van der Waals surface area contributed by atoms with Crippen molar-refractivity contribution in [2.45, 2.75) is 45.6 Å². The van der Waals surface area contributed by atoms with Crippen LogP contribution in [0.4, 0.5) is 0 Å². The number of hydrogen-bond acceptors (Lipinski definition) is 4. The van der Waals surface area contributed by atoms with Gasteiger partial charge in [0.1, 0.15) is 5.56 Å². The van der Waals surface area contributed by atoms with E-state index in [-0.39, 0.29) is 29.9 Å². The number of rotatable bonds is 4. The molecule has 1 aliphatic heterocycles. The Bertz CT molecular complexity index is 538. The van der Waals surface area contributed by atoms with E-state index < -0.39 is 5.56 Å². The largest absolute Gasteiger partial charge is 0.348 e. The van der Waals surface area contributed by atoms with Crippen molar-refractivity contribution in [3.63, 3.8) is 0 Å². The molecule has 1 saturated heterocycles. The molecule has 118 valence electrons. The highest BCUT2D eigenvalue weighted by Crippen LogP contribution is 2.11. The molecular formula is C14H23ClN4O2. The third kappa shape index (κ3) is 4.04. The number of nitrogens with one attached hydrogen (secondary N) is 3. The molecule has 0 saturated carbocycles. The highest BCUT2D eigenvalue weighted by Gasteiger charge is 2.22. The van der Waals surface area contributed by atoms with E-state index >= 15 is 0 Å². The minimum atomic E-state index is -0.402. The zero-order chi connectivity index (χ0) is 14.5. The van der Waals surface area contributed by atoms with E-state index in [4.69, 9.17) is 0 Å². The summed E-state index contributed by atoms with van der Waals surface area (Å²) in [4.78, 5) is 24.4. The summed E-state index contributed by atoms with van der Waals surface area (Å²) in [5.41, 5.74) is 1.38. The molecule has 0 unspecified atom stereocenters. The molecule has 1 aromatic rings. The highest BCUT2D eigenvalue weighted by atomic mass is 35.5. The first kappa shape index (κ1) is 17.7. The van der Waals surface area contributed by atoms with Gasteiger partial charge in [-0.3, -0.25) is 9.59 Å². The van der Waals surface area contributed by atoms with Crippen molar-refractivity contribution < 1.29 is 4.79 Å². The molecule has 1 fully saturated rings. The van der Waals surface area contributed by atoms with Gasteiger partial charge in [-0.05, 0) is 37.8 Å². The standard InChI is InChI=1S/C14H22N4O2.ClH/c1-3-10-11(4-2)17-18-14(20)12(10)13(19)16-9-6-5-7-15-8-9;/h9,15H,3-8H2,1-2H3,(H,16,19)(H,18,20);1H/t9-;/m0./s1. The number of carbonyl (C=O) groups excluding carboxylic acids is 1. The molecule has 1 amide bonds. The van der Waals surface area contributed by atoms with Gasteiger partial charge in [0.25, 0.3) is 11.5 Å². The summed E-state index contributed by atoms with van der Waals surface area (Å²) in [5, 5.41) is 12.7. The maximum atomic E-state index is 12.4. The Hall–Kier alpha value is -1.40. The Balaban J connectivity index is 0.00000220. The second-order valence-corrected chi connectivity index (χ2v) is 5.08. The molecule has 0 bridgehead atoms. The first-order valence-electron chi connectivity index (χ1n) is 7.29. The van der Waals surface area contributed by atoms with Gasteiger partial charge in [-0.2, -0.15) is 5.10 Å². The molecule has 0 aromatic carbocycles. The summed E-state index contributed by atoms with van der Waals surface area (Å²) in [6.07, 6.45) is 3.32. The van der Waals surface area contributed by atoms with Gasteiger partial charge in [-0.15, -0.1) is 12.4 Å². The molecule has 1 aliphatic rings. The zero-order valence-electron chi connectivity index (χ0n) is 12.5. The van der Waals surface area contributed by atoms with Crippen LogP contribution in [0.2, 0.25) is 0 Å². The Labute approximate surface area is 130 Å². The van der Waals surface area contributed by atoms with E-state index in [9.17, 15) is 9.59 Å². The van der Waals surface area contributed by atoms with Gasteiger partial charge in [0, 0.05) is 12.6 Å². The Morgan fingerprint density at radius 2 is 2.14 bits per heavy atom. The van der Waals surface area contributed by atoms with Crippen molar-refractivity contribution in [1.29, 1.82) is 0 Å². The summed E-state index contributed by atoms with van der Waals surface area (Å²) in [6, 6.07) is 0.0959. The van der Waals surface area contributed by atoms with Gasteiger partial charge in [-0.1, -0.05) is 13.8 Å². The van der Waals surface area contributed by atoms with Gasteiger partial charge in [0.05, 0.1) is 5.69 Å². The Morgan fingerprint density at radius 3 is 2.71 bits per heavy atom. The second-order valence-electron chi connectivity index (χ2n) is 5.08. The third-order valence-corrected chi connectivity index (χ3v) is 3.72. The molecule has 3 N–H and O–H groups in total. The Kier molecular flexibility index (Phi) is 6.84. The topological polar surface area (TPSA) is 86.9 Å². The number of carbonyl (C=O) groups is 1. The quantitative estimate of drug-likeness (QED) is 0.767. The zero-order valence-corrected chi connectivity index (χ0v) is 13.3. The molecule has 7 heteroatoms. The van der Waals surface area contributed by atoms with Crippen LogP contribution in [-0.2, 0) is 12.8 Å². The van der Waals surface area contributed by atoms with Crippen LogP contribution in [0.3, 0.4) is 0 Å². The number of aromatic nitrogens is 2. The maximum absolute atomic E-state index is 12.4. The molecule has 0 spiro atoms. The number of hydrogen-bond donors (Lipinski definition) is 3. The average molecular weight is 315 g/mol. The van der Waals surface area contributed by atoms with Crippen LogP contribution >= 0.6 is 12.4 Å². The van der Waals surface area contributed by atoms with E-state index in [0.717, 1.165) is 37.2 Å². The van der Waals surface area contributed by atoms with Crippen LogP contribution in [0.5, 0.6) is 0 Å². The van der Waals surface area contributed by atoms with E-state index in [0.29, 0.717) is 12.8 Å². The van der Waals surface area contributed by atoms with Crippen LogP contribution in [-0.4, -0.2) is 35.2 Å². The minimum absolute atomic E-state index is 0. The van der Waals surface area contributed by atoms with Gasteiger partial charge in [-0.25, -0.2) is 5.10 Å². The predicted molar refractivity (Wildman–Crippen MR) is 84.2 cm³/mol. The van der Waals surface area contributed by atoms with Gasteiger partial charge >= 0.3 is 0 Å². The minimum Gasteiger partial charge on any atom is -0.348 e. The number of piperidine rings is 1. The third-order valence-electron chi connectivity index (χ3n) is 3.72. The fourth-order valence-corrected chi connectivity index (χ4v) is 2.67. The van der Waals surface area contributed by atoms with Crippen LogP contribution in [0, 0.1) is 0 Å². The molecule has 2 heterocycles. The molecule has 0 radical (unpaired) electrons. The molecular weight excluding hydrogens is 292 g/mol. The number of aromatic amines is 1. The monoisotopic (exact) mass is 314 g/mol. The van der Waals surface area contributed by atoms with Crippen molar-refractivity contribution >= 4 is 18.3 Å². The summed E-state index contributed by atoms with van der Waals surface area (Å²) in [7, 11) is 0. The summed E-state index contributed by atoms with van der Waals surface area (Å²) in [6.45, 7) is 5.65. The Morgan fingerprint density at radius 1 is 1.38 bits per heavy atom. The number of nitrogens with zero attached hydrogens (tertiary/aromatic N) is 1. The summed E-state index contributed by atoms with van der Waals surface area (Å²) in [5.74, 6) is -0.283. The van der Waals surface area contributed by atoms with Crippen LogP contribution in [0.15, 0.2) is 4.79 Å². The molecule has 2 rings (SSSR count). The van der Waals surface area contributed by atoms with Gasteiger partial charge in [0.2, 0.25) is 0 Å². The number of aryl methyl sites for hydroxylation is 1. The number of halogens is 1. The van der Waals surface area contributed by atoms with Crippen molar-refractivity contribution in [3.8, 4) is 0 Å². The lowest BCUT2D eigenvalue weighted by molar-refractivity contribution is 0.0927. The van der Waals surface area contributed by atoms with Gasteiger partial charge < -0.3 is 10.6 Å². The van der Waals surface area contributed by atoms with E-state index in [1.54, 1.807) is 0 Å². The second kappa shape index (κ2) is 8.14. The molecule has 6 nitrogen and oxygen atoms in total. The molecule has 0 aliphatic carbocycles. The molecule has 1 atom stereocenters. The smallest absolute Gasteiger partial charge is 0.277 e. The van der Waals surface area contributed by atoms with Crippen molar-refractivity contribution in [3.05, 3.63) is 27.2 Å². The lowest BCUT2D eigenvalue weighted by Gasteiger charge is -2.24. The van der Waals surface area contributed by atoms with Crippen molar-refractivity contribution in [2.24, 2.45) is 0 Å². The number of H-pyrrole nitrogens is 1. The van der Waals surface area contributed by atoms with E-state index in [1.807, 2.05) is 13.8 Å². The lowest BCUT2D eigenvalue weighted by Crippen LogP contribution is -2.47. The van der Waals surface area contributed by atoms with Crippen LogP contribution in [0.25, 0.3) is 0 Å². The first-order valence-corrected chi connectivity index (χ1v) is 7.29. The van der Waals surface area contributed by atoms with E-state index in [1.165, 1.54) is 0 Å². The highest BCUT2D eigenvalue weighted by molar-refractivity contribution is 5.95. The normalized spacial score (nSPS) is 17.9. The fraction of sp³-hybridized carbons (Fsp3) is 0.643. The summed E-state index contributed by atoms with van der Waals surface area (Å²) >= 11 is 0. The van der Waals surface area contributed by atoms with Crippen molar-refractivity contribution in [2.75, 3.05) is 13.1 Å². The van der Waals surface area contributed by atoms with Crippen molar-refractivity contribution in [1.82, 2.24) is 20.8 Å². The molecule has 1 aromatic heterocycles. The lowest BCUT2D eigenvalue weighted by atomic mass is 10.0. The first-order chi connectivity index (χ1) is 9.67. The van der Waals surface area contributed by atoms with Crippen LogP contribution < -0.4 is 16.2 Å². The molecule has 21 heavy (non-hydrogen) atoms. The SMILES string of the molecule is CCc1n[nH]c(=O)c(C(=O)N[C@H]2CCCNC2)c1CC.Cl. The van der Waals surface area contributed by atoms with Gasteiger partial charge in [0.15, 0.2) is 0 Å². The summed E-state index contributed by atoms with van der Waals surface area (Å²) < 4.78 is 0.